The molecule has 2 rings (SSSR count). The number of nitrogens with two attached hydrogens (primary N) is 1. The third-order valence-corrected chi connectivity index (χ3v) is 2.58. The number of nitrogen functional groups attached to an aromatic ring is 1. The number of benzene rings is 2. The van der Waals surface area contributed by atoms with Crippen LogP contribution in [0.4, 0.5) is 10.1 Å². The zero-order valence-corrected chi connectivity index (χ0v) is 9.91. The number of rotatable bonds is 2. The Labute approximate surface area is 108 Å². The highest BCUT2D eigenvalue weighted by Crippen LogP contribution is 2.27. The lowest BCUT2D eigenvalue weighted by molar-refractivity contribution is 0.477. The summed E-state index contributed by atoms with van der Waals surface area (Å²) in [6.07, 6.45) is 0. The van der Waals surface area contributed by atoms with Crippen molar-refractivity contribution in [3.8, 4) is 17.6 Å². The summed E-state index contributed by atoms with van der Waals surface area (Å²) in [5.74, 6) is 0.179. The lowest BCUT2D eigenvalue weighted by Crippen LogP contribution is -1.91. The van der Waals surface area contributed by atoms with Gasteiger partial charge in [0.05, 0.1) is 16.3 Å². The fourth-order valence-electron chi connectivity index (χ4n) is 1.36. The van der Waals surface area contributed by atoms with Crippen LogP contribution in [0.25, 0.3) is 0 Å². The molecular weight excluding hydrogens is 255 g/mol. The van der Waals surface area contributed by atoms with E-state index in [0.29, 0.717) is 17.1 Å². The van der Waals surface area contributed by atoms with Gasteiger partial charge in [0, 0.05) is 12.1 Å². The SMILES string of the molecule is N#Cc1ccc(Oc2ccc(N)c(F)c2)cc1Cl. The third kappa shape index (κ3) is 2.53. The summed E-state index contributed by atoms with van der Waals surface area (Å²) in [4.78, 5) is 0. The van der Waals surface area contributed by atoms with Crippen LogP contribution in [-0.4, -0.2) is 0 Å². The van der Waals surface area contributed by atoms with Gasteiger partial charge in [-0.2, -0.15) is 5.26 Å². The van der Waals surface area contributed by atoms with E-state index in [4.69, 9.17) is 27.3 Å². The van der Waals surface area contributed by atoms with Gasteiger partial charge >= 0.3 is 0 Å². The van der Waals surface area contributed by atoms with Crippen molar-refractivity contribution in [1.82, 2.24) is 0 Å². The van der Waals surface area contributed by atoms with Crippen LogP contribution in [0.2, 0.25) is 5.02 Å². The predicted octanol–water partition coefficient (Wildman–Crippen LogP) is 3.73. The van der Waals surface area contributed by atoms with Crippen molar-refractivity contribution in [3.05, 3.63) is 52.8 Å². The first kappa shape index (κ1) is 12.2. The molecule has 0 saturated carbocycles. The van der Waals surface area contributed by atoms with Crippen molar-refractivity contribution in [3.63, 3.8) is 0 Å². The molecular formula is C13H8ClFN2O. The fourth-order valence-corrected chi connectivity index (χ4v) is 1.57. The van der Waals surface area contributed by atoms with Crippen LogP contribution >= 0.6 is 11.6 Å². The maximum absolute atomic E-state index is 13.2. The molecule has 0 radical (unpaired) electrons. The Morgan fingerprint density at radius 1 is 1.17 bits per heavy atom. The lowest BCUT2D eigenvalue weighted by Gasteiger charge is -2.07. The van der Waals surface area contributed by atoms with E-state index in [9.17, 15) is 4.39 Å². The van der Waals surface area contributed by atoms with Gasteiger partial charge < -0.3 is 10.5 Å². The Balaban J connectivity index is 2.26. The molecule has 0 unspecified atom stereocenters. The summed E-state index contributed by atoms with van der Waals surface area (Å²) in [5, 5.41) is 9.01. The first-order chi connectivity index (χ1) is 8.60. The summed E-state index contributed by atoms with van der Waals surface area (Å²) in [6, 6.07) is 10.7. The number of hydrogen-bond donors (Lipinski definition) is 1. The second kappa shape index (κ2) is 4.94. The molecule has 0 spiro atoms. The third-order valence-electron chi connectivity index (χ3n) is 2.27. The van der Waals surface area contributed by atoms with Gasteiger partial charge in [0.1, 0.15) is 23.4 Å². The minimum absolute atomic E-state index is 0.0558. The van der Waals surface area contributed by atoms with E-state index >= 15 is 0 Å². The van der Waals surface area contributed by atoms with Gasteiger partial charge in [-0.25, -0.2) is 4.39 Å². The van der Waals surface area contributed by atoms with Crippen LogP contribution in [0.5, 0.6) is 11.5 Å². The average molecular weight is 263 g/mol. The lowest BCUT2D eigenvalue weighted by atomic mass is 10.2. The Morgan fingerprint density at radius 2 is 1.83 bits per heavy atom. The first-order valence-corrected chi connectivity index (χ1v) is 5.40. The van der Waals surface area contributed by atoms with Crippen LogP contribution in [0.3, 0.4) is 0 Å². The Bertz CT molecular complexity index is 637. The van der Waals surface area contributed by atoms with Crippen LogP contribution < -0.4 is 10.5 Å². The van der Waals surface area contributed by atoms with Gasteiger partial charge in [0.2, 0.25) is 0 Å². The van der Waals surface area contributed by atoms with E-state index in [-0.39, 0.29) is 10.7 Å². The normalized spacial score (nSPS) is 9.83. The molecule has 0 bridgehead atoms. The highest BCUT2D eigenvalue weighted by atomic mass is 35.5. The molecule has 2 aromatic carbocycles. The van der Waals surface area contributed by atoms with Crippen LogP contribution in [0, 0.1) is 17.1 Å². The van der Waals surface area contributed by atoms with Gasteiger partial charge in [-0.05, 0) is 24.3 Å². The molecule has 0 aliphatic rings. The molecule has 5 heteroatoms. The number of nitrogens with zero attached hydrogens (tertiary/aromatic N) is 1. The molecule has 0 amide bonds. The molecule has 90 valence electrons. The summed E-state index contributed by atoms with van der Waals surface area (Å²) >= 11 is 5.86. The van der Waals surface area contributed by atoms with Crippen LogP contribution in [0.15, 0.2) is 36.4 Å². The predicted molar refractivity (Wildman–Crippen MR) is 67.1 cm³/mol. The molecule has 18 heavy (non-hydrogen) atoms. The summed E-state index contributed by atoms with van der Waals surface area (Å²) in [7, 11) is 0. The summed E-state index contributed by atoms with van der Waals surface area (Å²) in [5.41, 5.74) is 5.77. The second-order valence-electron chi connectivity index (χ2n) is 3.54. The Hall–Kier alpha value is -2.25. The summed E-state index contributed by atoms with van der Waals surface area (Å²) in [6.45, 7) is 0. The van der Waals surface area contributed by atoms with Gasteiger partial charge in [0.15, 0.2) is 0 Å². The number of halogens is 2. The Morgan fingerprint density at radius 3 is 2.44 bits per heavy atom. The maximum Gasteiger partial charge on any atom is 0.149 e. The summed E-state index contributed by atoms with van der Waals surface area (Å²) < 4.78 is 18.6. The number of ether oxygens (including phenoxy) is 1. The van der Waals surface area contributed by atoms with Gasteiger partial charge in [-0.15, -0.1) is 0 Å². The zero-order valence-electron chi connectivity index (χ0n) is 9.15. The van der Waals surface area contributed by atoms with Crippen molar-refractivity contribution in [1.29, 1.82) is 5.26 Å². The number of nitriles is 1. The van der Waals surface area contributed by atoms with E-state index in [1.165, 1.54) is 24.3 Å². The molecule has 2 aromatic rings. The monoisotopic (exact) mass is 262 g/mol. The van der Waals surface area contributed by atoms with Crippen LogP contribution in [0.1, 0.15) is 5.56 Å². The molecule has 0 aliphatic heterocycles. The number of hydrogen-bond acceptors (Lipinski definition) is 3. The molecule has 0 heterocycles. The Kier molecular flexibility index (Phi) is 3.35. The highest BCUT2D eigenvalue weighted by Gasteiger charge is 2.05. The molecule has 3 nitrogen and oxygen atoms in total. The van der Waals surface area contributed by atoms with Crippen molar-refractivity contribution >= 4 is 17.3 Å². The van der Waals surface area contributed by atoms with E-state index in [1.807, 2.05) is 6.07 Å². The quantitative estimate of drug-likeness (QED) is 0.839. The second-order valence-corrected chi connectivity index (χ2v) is 3.95. The maximum atomic E-state index is 13.2. The smallest absolute Gasteiger partial charge is 0.149 e. The molecule has 0 fully saturated rings. The largest absolute Gasteiger partial charge is 0.457 e. The zero-order chi connectivity index (χ0) is 13.1. The van der Waals surface area contributed by atoms with E-state index in [2.05, 4.69) is 0 Å². The van der Waals surface area contributed by atoms with Crippen LogP contribution in [-0.2, 0) is 0 Å². The first-order valence-electron chi connectivity index (χ1n) is 5.02. The van der Waals surface area contributed by atoms with Gasteiger partial charge in [0.25, 0.3) is 0 Å². The molecule has 0 saturated heterocycles. The van der Waals surface area contributed by atoms with E-state index in [1.54, 1.807) is 12.1 Å². The van der Waals surface area contributed by atoms with E-state index < -0.39 is 5.82 Å². The topological polar surface area (TPSA) is 59.0 Å². The molecule has 2 N–H and O–H groups in total. The fraction of sp³-hybridized carbons (Fsp3) is 0. The molecule has 0 aromatic heterocycles. The van der Waals surface area contributed by atoms with Gasteiger partial charge in [-0.3, -0.25) is 0 Å². The molecule has 0 atom stereocenters. The van der Waals surface area contributed by atoms with Crippen molar-refractivity contribution in [2.75, 3.05) is 5.73 Å². The van der Waals surface area contributed by atoms with Gasteiger partial charge in [-0.1, -0.05) is 11.6 Å². The molecule has 0 aliphatic carbocycles. The average Bonchev–Trinajstić information content (AvgIpc) is 2.34. The minimum atomic E-state index is -0.549. The van der Waals surface area contributed by atoms with E-state index in [0.717, 1.165) is 0 Å². The highest BCUT2D eigenvalue weighted by molar-refractivity contribution is 6.31. The number of anilines is 1. The minimum Gasteiger partial charge on any atom is -0.457 e. The van der Waals surface area contributed by atoms with Crippen molar-refractivity contribution in [2.45, 2.75) is 0 Å². The standard InChI is InChI=1S/C13H8ClFN2O/c14-11-5-9(2-1-8(11)7-16)18-10-3-4-13(17)12(15)6-10/h1-6H,17H2. The van der Waals surface area contributed by atoms with Crippen molar-refractivity contribution < 1.29 is 9.13 Å². The van der Waals surface area contributed by atoms with Crippen molar-refractivity contribution in [2.24, 2.45) is 0 Å².